The highest BCUT2D eigenvalue weighted by Crippen LogP contribution is 2.41. The predicted octanol–water partition coefficient (Wildman–Crippen LogP) is 2.53. The molecule has 0 saturated heterocycles. The Labute approximate surface area is 91.1 Å². The van der Waals surface area contributed by atoms with Gasteiger partial charge >= 0.3 is 0 Å². The van der Waals surface area contributed by atoms with Crippen molar-refractivity contribution in [2.45, 2.75) is 44.8 Å². The molecular weight excluding hydrogens is 184 g/mol. The van der Waals surface area contributed by atoms with Gasteiger partial charge in [0.15, 0.2) is 0 Å². The Hall–Kier alpha value is -1.02. The van der Waals surface area contributed by atoms with Crippen LogP contribution in [0.4, 0.5) is 5.69 Å². The molecule has 2 nitrogen and oxygen atoms in total. The Morgan fingerprint density at radius 2 is 1.93 bits per heavy atom. The van der Waals surface area contributed by atoms with Gasteiger partial charge in [0.2, 0.25) is 0 Å². The van der Waals surface area contributed by atoms with Gasteiger partial charge in [-0.2, -0.15) is 0 Å². The van der Waals surface area contributed by atoms with Crippen molar-refractivity contribution >= 4 is 5.69 Å². The van der Waals surface area contributed by atoms with Gasteiger partial charge in [-0.25, -0.2) is 0 Å². The molecule has 0 radical (unpaired) electrons. The summed E-state index contributed by atoms with van der Waals surface area (Å²) in [6.45, 7) is 4.61. The average Bonchev–Trinajstić information content (AvgIpc) is 2.57. The fourth-order valence-electron chi connectivity index (χ4n) is 2.80. The fourth-order valence-corrected chi connectivity index (χ4v) is 2.80. The predicted molar refractivity (Wildman–Crippen MR) is 62.4 cm³/mol. The van der Waals surface area contributed by atoms with E-state index in [1.807, 2.05) is 6.07 Å². The molecule has 0 aromatic heterocycles. The van der Waals surface area contributed by atoms with E-state index in [0.29, 0.717) is 5.54 Å². The summed E-state index contributed by atoms with van der Waals surface area (Å²) in [4.78, 5) is 2.61. The van der Waals surface area contributed by atoms with E-state index >= 15 is 0 Å². The first-order valence-corrected chi connectivity index (χ1v) is 5.80. The normalized spacial score (nSPS) is 23.5. The zero-order valence-corrected chi connectivity index (χ0v) is 9.29. The zero-order valence-electron chi connectivity index (χ0n) is 9.29. The van der Waals surface area contributed by atoms with Crippen molar-refractivity contribution in [3.8, 4) is 0 Å². The second-order valence-electron chi connectivity index (χ2n) is 5.23. The quantitative estimate of drug-likeness (QED) is 0.709. The molecule has 0 amide bonds. The lowest BCUT2D eigenvalue weighted by atomic mass is 9.77. The van der Waals surface area contributed by atoms with Gasteiger partial charge in [-0.15, -0.1) is 0 Å². The molecule has 2 aliphatic rings. The molecule has 2 N–H and O–H groups in total. The van der Waals surface area contributed by atoms with E-state index in [4.69, 9.17) is 5.73 Å². The van der Waals surface area contributed by atoms with Crippen LogP contribution < -0.4 is 5.73 Å². The maximum atomic E-state index is 5.81. The van der Waals surface area contributed by atoms with Crippen molar-refractivity contribution in [3.63, 3.8) is 0 Å². The van der Waals surface area contributed by atoms with Crippen LogP contribution in [0.1, 0.15) is 37.3 Å². The van der Waals surface area contributed by atoms with Crippen molar-refractivity contribution in [2.24, 2.45) is 0 Å². The lowest BCUT2D eigenvalue weighted by Gasteiger charge is -2.46. The van der Waals surface area contributed by atoms with E-state index in [1.54, 1.807) is 0 Å². The molecule has 2 heteroatoms. The summed E-state index contributed by atoms with van der Waals surface area (Å²) in [6, 6.07) is 6.34. The largest absolute Gasteiger partial charge is 0.399 e. The molecule has 15 heavy (non-hydrogen) atoms. The van der Waals surface area contributed by atoms with Gasteiger partial charge < -0.3 is 5.73 Å². The van der Waals surface area contributed by atoms with E-state index in [-0.39, 0.29) is 0 Å². The molecule has 0 spiro atoms. The Balaban J connectivity index is 1.86. The van der Waals surface area contributed by atoms with Gasteiger partial charge in [-0.05, 0) is 49.4 Å². The molecular formula is C13H18N2. The van der Waals surface area contributed by atoms with E-state index in [9.17, 15) is 0 Å². The monoisotopic (exact) mass is 202 g/mol. The number of hydrogen-bond donors (Lipinski definition) is 1. The first-order chi connectivity index (χ1) is 7.17. The molecule has 1 aliphatic heterocycles. The van der Waals surface area contributed by atoms with Crippen molar-refractivity contribution in [3.05, 3.63) is 29.3 Å². The maximum Gasteiger partial charge on any atom is 0.0317 e. The number of hydrogen-bond acceptors (Lipinski definition) is 2. The topological polar surface area (TPSA) is 29.3 Å². The summed E-state index contributed by atoms with van der Waals surface area (Å²) in [5.74, 6) is 0. The molecule has 80 valence electrons. The van der Waals surface area contributed by atoms with E-state index in [0.717, 1.165) is 18.8 Å². The maximum absolute atomic E-state index is 5.81. The van der Waals surface area contributed by atoms with Gasteiger partial charge in [0, 0.05) is 24.3 Å². The number of nitrogens with two attached hydrogens (primary N) is 1. The highest BCUT2D eigenvalue weighted by molar-refractivity contribution is 5.46. The van der Waals surface area contributed by atoms with Crippen molar-refractivity contribution in [2.75, 3.05) is 5.73 Å². The molecule has 1 aromatic rings. The number of fused-ring (bicyclic) bond motifs is 1. The van der Waals surface area contributed by atoms with Crippen LogP contribution in [-0.4, -0.2) is 10.4 Å². The van der Waals surface area contributed by atoms with Crippen LogP contribution >= 0.6 is 0 Å². The summed E-state index contributed by atoms with van der Waals surface area (Å²) in [6.07, 6.45) is 4.11. The second-order valence-corrected chi connectivity index (χ2v) is 5.23. The minimum absolute atomic E-state index is 0.466. The van der Waals surface area contributed by atoms with Crippen LogP contribution in [0.3, 0.4) is 0 Å². The zero-order chi connectivity index (χ0) is 10.5. The molecule has 0 bridgehead atoms. The van der Waals surface area contributed by atoms with Crippen LogP contribution in [0, 0.1) is 0 Å². The highest BCUT2D eigenvalue weighted by atomic mass is 15.2. The van der Waals surface area contributed by atoms with E-state index in [2.05, 4.69) is 24.0 Å². The van der Waals surface area contributed by atoms with Crippen LogP contribution in [0.15, 0.2) is 18.2 Å². The third-order valence-electron chi connectivity index (χ3n) is 4.15. The summed E-state index contributed by atoms with van der Waals surface area (Å²) < 4.78 is 0. The number of nitrogen functional groups attached to an aromatic ring is 1. The van der Waals surface area contributed by atoms with Crippen LogP contribution in [-0.2, 0) is 13.1 Å². The number of anilines is 1. The van der Waals surface area contributed by atoms with Crippen molar-refractivity contribution in [1.29, 1.82) is 0 Å². The number of rotatable bonds is 1. The van der Waals surface area contributed by atoms with Crippen LogP contribution in [0.5, 0.6) is 0 Å². The fraction of sp³-hybridized carbons (Fsp3) is 0.538. The first kappa shape index (κ1) is 9.22. The average molecular weight is 202 g/mol. The molecule has 0 atom stereocenters. The second kappa shape index (κ2) is 2.99. The van der Waals surface area contributed by atoms with Gasteiger partial charge in [0.25, 0.3) is 0 Å². The first-order valence-electron chi connectivity index (χ1n) is 5.80. The number of nitrogens with zero attached hydrogens (tertiary/aromatic N) is 1. The number of benzene rings is 1. The van der Waals surface area contributed by atoms with Gasteiger partial charge in [-0.1, -0.05) is 6.07 Å². The Morgan fingerprint density at radius 3 is 2.60 bits per heavy atom. The summed E-state index contributed by atoms with van der Waals surface area (Å²) in [5.41, 5.74) is 10.1. The highest BCUT2D eigenvalue weighted by Gasteiger charge is 2.40. The third-order valence-corrected chi connectivity index (χ3v) is 4.15. The molecule has 1 heterocycles. The third kappa shape index (κ3) is 1.36. The molecule has 1 saturated carbocycles. The van der Waals surface area contributed by atoms with E-state index < -0.39 is 0 Å². The molecule has 0 unspecified atom stereocenters. The lowest BCUT2D eigenvalue weighted by Crippen LogP contribution is -2.48. The van der Waals surface area contributed by atoms with Gasteiger partial charge in [0.1, 0.15) is 0 Å². The molecule has 3 rings (SSSR count). The minimum Gasteiger partial charge on any atom is -0.399 e. The Kier molecular flexibility index (Phi) is 1.84. The molecule has 1 fully saturated rings. The summed E-state index contributed by atoms with van der Waals surface area (Å²) in [7, 11) is 0. The summed E-state index contributed by atoms with van der Waals surface area (Å²) >= 11 is 0. The molecule has 1 aromatic carbocycles. The SMILES string of the molecule is CC1(N2Cc3ccc(N)cc3C2)CCC1. The van der Waals surface area contributed by atoms with E-state index in [1.165, 1.54) is 30.4 Å². The Bertz CT molecular complexity index is 394. The molecule has 1 aliphatic carbocycles. The standard InChI is InChI=1S/C13H18N2/c1-13(5-2-6-13)15-8-10-3-4-12(14)7-11(10)9-15/h3-4,7H,2,5-6,8-9,14H2,1H3. The van der Waals surface area contributed by atoms with Gasteiger partial charge in [-0.3, -0.25) is 4.90 Å². The Morgan fingerprint density at radius 1 is 1.20 bits per heavy atom. The van der Waals surface area contributed by atoms with Crippen LogP contribution in [0.2, 0.25) is 0 Å². The van der Waals surface area contributed by atoms with Crippen molar-refractivity contribution in [1.82, 2.24) is 4.90 Å². The van der Waals surface area contributed by atoms with Crippen molar-refractivity contribution < 1.29 is 0 Å². The minimum atomic E-state index is 0.466. The smallest absolute Gasteiger partial charge is 0.0317 e. The van der Waals surface area contributed by atoms with Gasteiger partial charge in [0.05, 0.1) is 0 Å². The van der Waals surface area contributed by atoms with Crippen LogP contribution in [0.25, 0.3) is 0 Å². The lowest BCUT2D eigenvalue weighted by molar-refractivity contribution is 0.0289. The summed E-state index contributed by atoms with van der Waals surface area (Å²) in [5, 5.41) is 0.